The fourth-order valence-electron chi connectivity index (χ4n) is 3.89. The summed E-state index contributed by atoms with van der Waals surface area (Å²) in [4.78, 5) is 38.3. The molecule has 0 bridgehead atoms. The Morgan fingerprint density at radius 1 is 0.917 bits per heavy atom. The number of rotatable bonds is 6. The maximum atomic E-state index is 12.7. The van der Waals surface area contributed by atoms with Gasteiger partial charge >= 0.3 is 0 Å². The van der Waals surface area contributed by atoms with E-state index in [-0.39, 0.29) is 22.3 Å². The highest BCUT2D eigenvalue weighted by Gasteiger charge is 2.24. The molecule has 0 spiro atoms. The van der Waals surface area contributed by atoms with E-state index >= 15 is 0 Å². The number of nitrogens with zero attached hydrogens (tertiary/aromatic N) is 2. The first-order valence-electron chi connectivity index (χ1n) is 11.1. The number of carbonyl (C=O) groups excluding carboxylic acids is 2. The Kier molecular flexibility index (Phi) is 7.77. The minimum absolute atomic E-state index is 0.000790. The Morgan fingerprint density at radius 3 is 2.31 bits per heavy atom. The van der Waals surface area contributed by atoms with Crippen molar-refractivity contribution in [1.29, 1.82) is 0 Å². The molecule has 1 fully saturated rings. The van der Waals surface area contributed by atoms with Crippen LogP contribution in [0.3, 0.4) is 0 Å². The average Bonchev–Trinajstić information content (AvgIpc) is 3.39. The van der Waals surface area contributed by atoms with Gasteiger partial charge in [0.2, 0.25) is 0 Å². The van der Waals surface area contributed by atoms with Crippen LogP contribution in [0.25, 0.3) is 0 Å². The van der Waals surface area contributed by atoms with Crippen LogP contribution >= 0.6 is 23.8 Å². The van der Waals surface area contributed by atoms with E-state index in [0.29, 0.717) is 27.6 Å². The Labute approximate surface area is 217 Å². The second-order valence-corrected chi connectivity index (χ2v) is 8.89. The van der Waals surface area contributed by atoms with E-state index in [1.165, 1.54) is 6.07 Å². The number of carbonyl (C=O) groups is 2. The quantitative estimate of drug-likeness (QED) is 0.230. The second kappa shape index (κ2) is 11.1. The van der Waals surface area contributed by atoms with Crippen molar-refractivity contribution in [2.75, 3.05) is 28.6 Å². The average molecular weight is 524 g/mol. The smallest absolute Gasteiger partial charge is 0.293 e. The molecular formula is C25H22ClN5O4S. The monoisotopic (exact) mass is 523 g/mol. The molecule has 0 saturated carbocycles. The summed E-state index contributed by atoms with van der Waals surface area (Å²) in [5, 5.41) is 20.1. The van der Waals surface area contributed by atoms with Crippen LogP contribution in [0.5, 0.6) is 0 Å². The van der Waals surface area contributed by atoms with Gasteiger partial charge in [-0.25, -0.2) is 0 Å². The normalized spacial score (nSPS) is 12.6. The fraction of sp³-hybridized carbons (Fsp3) is 0.160. The number of halogens is 1. The number of amides is 2. The van der Waals surface area contributed by atoms with E-state index in [1.54, 1.807) is 60.7 Å². The highest BCUT2D eigenvalue weighted by molar-refractivity contribution is 7.80. The lowest BCUT2D eigenvalue weighted by molar-refractivity contribution is -0.384. The van der Waals surface area contributed by atoms with Gasteiger partial charge in [-0.3, -0.25) is 25.0 Å². The zero-order chi connectivity index (χ0) is 25.7. The molecule has 9 nitrogen and oxygen atoms in total. The SMILES string of the molecule is O=C(NC(=S)Nc1cccc(NC(=O)c2ccccc2Cl)c1)c1ccc(N2CCCC2)c([N+](=O)[O-])c1. The zero-order valence-corrected chi connectivity index (χ0v) is 20.6. The molecule has 3 N–H and O–H groups in total. The molecule has 36 heavy (non-hydrogen) atoms. The third-order valence-corrected chi connectivity index (χ3v) is 6.14. The lowest BCUT2D eigenvalue weighted by atomic mass is 10.1. The minimum Gasteiger partial charge on any atom is -0.366 e. The number of nitro benzene ring substituents is 1. The topological polar surface area (TPSA) is 117 Å². The molecule has 184 valence electrons. The van der Waals surface area contributed by atoms with E-state index in [2.05, 4.69) is 16.0 Å². The van der Waals surface area contributed by atoms with Gasteiger partial charge in [0.05, 0.1) is 15.5 Å². The molecule has 3 aromatic carbocycles. The molecule has 1 aliphatic heterocycles. The van der Waals surface area contributed by atoms with Crippen molar-refractivity contribution >= 4 is 63.5 Å². The number of thiocarbonyl (C=S) groups is 1. The van der Waals surface area contributed by atoms with Crippen LogP contribution in [0.1, 0.15) is 33.6 Å². The number of hydrogen-bond acceptors (Lipinski definition) is 6. The molecule has 0 aromatic heterocycles. The van der Waals surface area contributed by atoms with Crippen molar-refractivity contribution < 1.29 is 14.5 Å². The van der Waals surface area contributed by atoms with Crippen LogP contribution in [0.4, 0.5) is 22.7 Å². The number of anilines is 3. The van der Waals surface area contributed by atoms with Gasteiger partial charge in [0.1, 0.15) is 5.69 Å². The van der Waals surface area contributed by atoms with Gasteiger partial charge in [-0.1, -0.05) is 29.8 Å². The third kappa shape index (κ3) is 5.96. The van der Waals surface area contributed by atoms with Crippen molar-refractivity contribution in [2.24, 2.45) is 0 Å². The third-order valence-electron chi connectivity index (χ3n) is 5.60. The lowest BCUT2D eigenvalue weighted by Crippen LogP contribution is -2.34. The van der Waals surface area contributed by atoms with Crippen molar-refractivity contribution in [2.45, 2.75) is 12.8 Å². The van der Waals surface area contributed by atoms with Crippen LogP contribution in [0, 0.1) is 10.1 Å². The summed E-state index contributed by atoms with van der Waals surface area (Å²) in [5.74, 6) is -0.945. The Hall–Kier alpha value is -4.02. The molecule has 1 heterocycles. The van der Waals surface area contributed by atoms with E-state index < -0.39 is 10.8 Å². The van der Waals surface area contributed by atoms with Crippen molar-refractivity contribution in [3.63, 3.8) is 0 Å². The van der Waals surface area contributed by atoms with Gasteiger partial charge < -0.3 is 15.5 Å². The summed E-state index contributed by atoms with van der Waals surface area (Å²) in [5.41, 5.74) is 1.86. The van der Waals surface area contributed by atoms with E-state index in [1.807, 2.05) is 4.90 Å². The predicted octanol–water partition coefficient (Wildman–Crippen LogP) is 5.23. The van der Waals surface area contributed by atoms with Crippen LogP contribution in [0.15, 0.2) is 66.7 Å². The van der Waals surface area contributed by atoms with E-state index in [9.17, 15) is 19.7 Å². The molecular weight excluding hydrogens is 502 g/mol. The highest BCUT2D eigenvalue weighted by atomic mass is 35.5. The summed E-state index contributed by atoms with van der Waals surface area (Å²) in [6.07, 6.45) is 1.95. The van der Waals surface area contributed by atoms with Gasteiger partial charge in [-0.2, -0.15) is 0 Å². The highest BCUT2D eigenvalue weighted by Crippen LogP contribution is 2.31. The number of hydrogen-bond donors (Lipinski definition) is 3. The summed E-state index contributed by atoms with van der Waals surface area (Å²) in [6, 6.07) is 17.9. The molecule has 0 radical (unpaired) electrons. The van der Waals surface area contributed by atoms with Gasteiger partial charge in [-0.05, 0) is 67.5 Å². The molecule has 1 aliphatic rings. The van der Waals surface area contributed by atoms with Crippen LogP contribution in [-0.2, 0) is 0 Å². The number of benzene rings is 3. The zero-order valence-electron chi connectivity index (χ0n) is 19.0. The standard InChI is InChI=1S/C25H22ClN5O4S/c26-20-9-2-1-8-19(20)24(33)27-17-6-5-7-18(15-17)28-25(36)29-23(32)16-10-11-21(22(14-16)31(34)35)30-12-3-4-13-30/h1-2,5-11,14-15H,3-4,12-13H2,(H,27,33)(H2,28,29,32,36). The summed E-state index contributed by atoms with van der Waals surface area (Å²) >= 11 is 11.3. The molecule has 0 unspecified atom stereocenters. The van der Waals surface area contributed by atoms with Gasteiger partial charge in [0, 0.05) is 36.1 Å². The number of nitro groups is 1. The molecule has 3 aromatic rings. The van der Waals surface area contributed by atoms with Crippen molar-refractivity contribution in [1.82, 2.24) is 5.32 Å². The number of nitrogens with one attached hydrogen (secondary N) is 3. The van der Waals surface area contributed by atoms with E-state index in [4.69, 9.17) is 23.8 Å². The first-order valence-corrected chi connectivity index (χ1v) is 11.9. The lowest BCUT2D eigenvalue weighted by Gasteiger charge is -2.18. The van der Waals surface area contributed by atoms with Gasteiger partial charge in [0.15, 0.2) is 5.11 Å². The van der Waals surface area contributed by atoms with Crippen LogP contribution in [-0.4, -0.2) is 34.9 Å². The predicted molar refractivity (Wildman–Crippen MR) is 144 cm³/mol. The molecule has 11 heteroatoms. The molecule has 2 amide bonds. The fourth-order valence-corrected chi connectivity index (χ4v) is 4.32. The van der Waals surface area contributed by atoms with Crippen molar-refractivity contribution in [3.05, 3.63) is 93.0 Å². The van der Waals surface area contributed by atoms with Crippen LogP contribution < -0.4 is 20.9 Å². The van der Waals surface area contributed by atoms with Crippen molar-refractivity contribution in [3.8, 4) is 0 Å². The van der Waals surface area contributed by atoms with Gasteiger partial charge in [0.25, 0.3) is 17.5 Å². The van der Waals surface area contributed by atoms with Crippen LogP contribution in [0.2, 0.25) is 5.02 Å². The van der Waals surface area contributed by atoms with Gasteiger partial charge in [-0.15, -0.1) is 0 Å². The minimum atomic E-state index is -0.577. The summed E-state index contributed by atoms with van der Waals surface area (Å²) in [7, 11) is 0. The first kappa shape index (κ1) is 25.1. The Bertz CT molecular complexity index is 1340. The first-order chi connectivity index (χ1) is 17.3. The maximum absolute atomic E-state index is 12.7. The van der Waals surface area contributed by atoms with E-state index in [0.717, 1.165) is 25.9 Å². The largest absolute Gasteiger partial charge is 0.366 e. The second-order valence-electron chi connectivity index (χ2n) is 8.08. The Balaban J connectivity index is 1.40. The Morgan fingerprint density at radius 2 is 1.61 bits per heavy atom. The molecule has 1 saturated heterocycles. The summed E-state index contributed by atoms with van der Waals surface area (Å²) in [6.45, 7) is 1.50. The molecule has 0 atom stereocenters. The molecule has 4 rings (SSSR count). The summed E-state index contributed by atoms with van der Waals surface area (Å²) < 4.78 is 0. The molecule has 0 aliphatic carbocycles. The maximum Gasteiger partial charge on any atom is 0.293 e.